The maximum absolute atomic E-state index is 2.49. The average molecular weight is 409 g/mol. The third-order valence-electron chi connectivity index (χ3n) is 6.91. The van der Waals surface area contributed by atoms with E-state index in [0.29, 0.717) is 0 Å². The van der Waals surface area contributed by atoms with E-state index in [1.54, 1.807) is 0 Å². The molecular formula is C29H60. The van der Waals surface area contributed by atoms with Crippen LogP contribution in [0, 0.1) is 11.8 Å². The largest absolute Gasteiger partial charge is 0.0654 e. The molecule has 0 bridgehead atoms. The second-order valence-electron chi connectivity index (χ2n) is 10.4. The molecule has 0 aromatic carbocycles. The fourth-order valence-corrected chi connectivity index (χ4v) is 4.88. The Morgan fingerprint density at radius 1 is 0.345 bits per heavy atom. The van der Waals surface area contributed by atoms with Gasteiger partial charge in [-0.05, 0) is 18.3 Å². The van der Waals surface area contributed by atoms with Gasteiger partial charge in [0.05, 0.1) is 0 Å². The summed E-state index contributed by atoms with van der Waals surface area (Å²) in [5.74, 6) is 1.89. The van der Waals surface area contributed by atoms with Crippen LogP contribution in [0.5, 0.6) is 0 Å². The van der Waals surface area contributed by atoms with Gasteiger partial charge in [-0.2, -0.15) is 0 Å². The average Bonchev–Trinajstić information content (AvgIpc) is 2.71. The molecule has 176 valence electrons. The SMILES string of the molecule is CCCCCCCCCCCCCCCCCCC(C)CC(C)CCCCCC. The van der Waals surface area contributed by atoms with Gasteiger partial charge >= 0.3 is 0 Å². The summed E-state index contributed by atoms with van der Waals surface area (Å²) in [5, 5.41) is 0. The molecule has 0 aromatic heterocycles. The molecule has 0 heterocycles. The lowest BCUT2D eigenvalue weighted by Gasteiger charge is -2.17. The van der Waals surface area contributed by atoms with E-state index in [0.717, 1.165) is 11.8 Å². The van der Waals surface area contributed by atoms with Gasteiger partial charge in [0.25, 0.3) is 0 Å². The Morgan fingerprint density at radius 2 is 0.586 bits per heavy atom. The molecule has 0 rings (SSSR count). The van der Waals surface area contributed by atoms with Crippen LogP contribution in [-0.4, -0.2) is 0 Å². The summed E-state index contributed by atoms with van der Waals surface area (Å²) in [4.78, 5) is 0. The van der Waals surface area contributed by atoms with Gasteiger partial charge < -0.3 is 0 Å². The maximum atomic E-state index is 2.49. The Labute approximate surface area is 187 Å². The van der Waals surface area contributed by atoms with E-state index in [9.17, 15) is 0 Å². The Morgan fingerprint density at radius 3 is 0.897 bits per heavy atom. The van der Waals surface area contributed by atoms with Crippen molar-refractivity contribution in [2.75, 3.05) is 0 Å². The van der Waals surface area contributed by atoms with E-state index < -0.39 is 0 Å². The fourth-order valence-electron chi connectivity index (χ4n) is 4.88. The Kier molecular flexibility index (Phi) is 24.3. The molecule has 0 nitrogen and oxygen atoms in total. The van der Waals surface area contributed by atoms with Gasteiger partial charge in [-0.3, -0.25) is 0 Å². The molecule has 2 atom stereocenters. The van der Waals surface area contributed by atoms with Gasteiger partial charge in [0.1, 0.15) is 0 Å². The van der Waals surface area contributed by atoms with Crippen molar-refractivity contribution in [3.63, 3.8) is 0 Å². The van der Waals surface area contributed by atoms with Crippen LogP contribution in [0.15, 0.2) is 0 Å². The highest BCUT2D eigenvalue weighted by Crippen LogP contribution is 2.23. The summed E-state index contributed by atoms with van der Waals surface area (Å²) in [6, 6.07) is 0. The summed E-state index contributed by atoms with van der Waals surface area (Å²) in [7, 11) is 0. The minimum Gasteiger partial charge on any atom is -0.0654 e. The van der Waals surface area contributed by atoms with Crippen LogP contribution in [0.25, 0.3) is 0 Å². The first-order valence-corrected chi connectivity index (χ1v) is 14.2. The molecule has 0 aliphatic heterocycles. The van der Waals surface area contributed by atoms with Crippen LogP contribution in [-0.2, 0) is 0 Å². The third-order valence-corrected chi connectivity index (χ3v) is 6.91. The quantitative estimate of drug-likeness (QED) is 0.139. The van der Waals surface area contributed by atoms with Crippen LogP contribution in [0.2, 0.25) is 0 Å². The monoisotopic (exact) mass is 408 g/mol. The summed E-state index contributed by atoms with van der Waals surface area (Å²) in [5.41, 5.74) is 0. The second-order valence-corrected chi connectivity index (χ2v) is 10.4. The topological polar surface area (TPSA) is 0 Å². The van der Waals surface area contributed by atoms with Crippen molar-refractivity contribution >= 4 is 0 Å². The molecule has 0 N–H and O–H groups in total. The first-order chi connectivity index (χ1) is 14.2. The van der Waals surface area contributed by atoms with Gasteiger partial charge in [-0.15, -0.1) is 0 Å². The molecule has 0 aliphatic carbocycles. The fraction of sp³-hybridized carbons (Fsp3) is 1.00. The molecule has 0 aromatic rings. The lowest BCUT2D eigenvalue weighted by atomic mass is 9.89. The Bertz CT molecular complexity index is 282. The van der Waals surface area contributed by atoms with Gasteiger partial charge in [0.2, 0.25) is 0 Å². The van der Waals surface area contributed by atoms with Crippen molar-refractivity contribution in [3.8, 4) is 0 Å². The van der Waals surface area contributed by atoms with E-state index in [2.05, 4.69) is 27.7 Å². The third kappa shape index (κ3) is 24.1. The summed E-state index contributed by atoms with van der Waals surface area (Å²) in [6.45, 7) is 9.59. The van der Waals surface area contributed by atoms with Crippen molar-refractivity contribution in [1.29, 1.82) is 0 Å². The predicted molar refractivity (Wildman–Crippen MR) is 136 cm³/mol. The first-order valence-electron chi connectivity index (χ1n) is 14.2. The standard InChI is InChI=1S/C29H60/c1-5-7-9-11-12-13-14-15-16-17-18-19-20-21-22-24-26-29(4)27-28(3)25-23-10-8-6-2/h28-29H,5-27H2,1-4H3. The van der Waals surface area contributed by atoms with Crippen LogP contribution in [0.3, 0.4) is 0 Å². The molecule has 0 fully saturated rings. The van der Waals surface area contributed by atoms with Crippen LogP contribution < -0.4 is 0 Å². The van der Waals surface area contributed by atoms with Crippen LogP contribution in [0.4, 0.5) is 0 Å². The van der Waals surface area contributed by atoms with E-state index in [1.807, 2.05) is 0 Å². The highest BCUT2D eigenvalue weighted by atomic mass is 14.1. The van der Waals surface area contributed by atoms with E-state index in [1.165, 1.54) is 148 Å². The Balaban J connectivity index is 3.20. The lowest BCUT2D eigenvalue weighted by Crippen LogP contribution is -2.03. The van der Waals surface area contributed by atoms with Gasteiger partial charge in [-0.1, -0.05) is 169 Å². The van der Waals surface area contributed by atoms with E-state index in [-0.39, 0.29) is 0 Å². The molecule has 0 saturated heterocycles. The minimum absolute atomic E-state index is 0.947. The second kappa shape index (κ2) is 24.3. The highest BCUT2D eigenvalue weighted by Gasteiger charge is 2.08. The zero-order chi connectivity index (χ0) is 21.4. The molecule has 0 aliphatic rings. The summed E-state index contributed by atoms with van der Waals surface area (Å²) < 4.78 is 0. The normalized spacial score (nSPS) is 13.7. The van der Waals surface area contributed by atoms with Gasteiger partial charge in [0.15, 0.2) is 0 Å². The zero-order valence-corrected chi connectivity index (χ0v) is 21.4. The zero-order valence-electron chi connectivity index (χ0n) is 21.4. The van der Waals surface area contributed by atoms with Gasteiger partial charge in [-0.25, -0.2) is 0 Å². The molecule has 0 saturated carbocycles. The summed E-state index contributed by atoms with van der Waals surface area (Å²) in [6.07, 6.45) is 33.7. The molecule has 0 heteroatoms. The van der Waals surface area contributed by atoms with Crippen molar-refractivity contribution in [1.82, 2.24) is 0 Å². The van der Waals surface area contributed by atoms with E-state index >= 15 is 0 Å². The van der Waals surface area contributed by atoms with Crippen molar-refractivity contribution < 1.29 is 0 Å². The van der Waals surface area contributed by atoms with Crippen LogP contribution >= 0.6 is 0 Å². The lowest BCUT2D eigenvalue weighted by molar-refractivity contribution is 0.357. The highest BCUT2D eigenvalue weighted by molar-refractivity contribution is 4.61. The van der Waals surface area contributed by atoms with Gasteiger partial charge in [0, 0.05) is 0 Å². The molecule has 2 unspecified atom stereocenters. The molecule has 0 amide bonds. The predicted octanol–water partition coefficient (Wildman–Crippen LogP) is 11.3. The van der Waals surface area contributed by atoms with Crippen molar-refractivity contribution in [2.45, 2.75) is 175 Å². The number of hydrogen-bond donors (Lipinski definition) is 0. The van der Waals surface area contributed by atoms with Crippen molar-refractivity contribution in [2.24, 2.45) is 11.8 Å². The van der Waals surface area contributed by atoms with E-state index in [4.69, 9.17) is 0 Å². The summed E-state index contributed by atoms with van der Waals surface area (Å²) >= 11 is 0. The maximum Gasteiger partial charge on any atom is -0.0440 e. The number of rotatable bonds is 24. The number of unbranched alkanes of at least 4 members (excludes halogenated alkanes) is 18. The number of hydrogen-bond acceptors (Lipinski definition) is 0. The Hall–Kier alpha value is 0. The smallest absolute Gasteiger partial charge is 0.0440 e. The first kappa shape index (κ1) is 29.0. The molecule has 0 spiro atoms. The molecule has 0 radical (unpaired) electrons. The molecular weight excluding hydrogens is 348 g/mol. The van der Waals surface area contributed by atoms with Crippen molar-refractivity contribution in [3.05, 3.63) is 0 Å². The molecule has 29 heavy (non-hydrogen) atoms. The minimum atomic E-state index is 0.947. The van der Waals surface area contributed by atoms with Crippen LogP contribution in [0.1, 0.15) is 175 Å².